The number of esters is 1. The van der Waals surface area contributed by atoms with E-state index in [-0.39, 0.29) is 18.1 Å². The van der Waals surface area contributed by atoms with Crippen molar-refractivity contribution in [3.63, 3.8) is 0 Å². The first-order valence-electron chi connectivity index (χ1n) is 5.96. The van der Waals surface area contributed by atoms with E-state index in [1.54, 1.807) is 0 Å². The summed E-state index contributed by atoms with van der Waals surface area (Å²) < 4.78 is 67.6. The lowest BCUT2D eigenvalue weighted by atomic mass is 9.68. The first kappa shape index (κ1) is 15.1. The molecule has 0 radical (unpaired) electrons. The molecule has 0 heterocycles. The van der Waals surface area contributed by atoms with Crippen molar-refractivity contribution in [3.8, 4) is 0 Å². The maximum absolute atomic E-state index is 12.3. The van der Waals surface area contributed by atoms with Crippen LogP contribution in [0.5, 0.6) is 0 Å². The predicted molar refractivity (Wildman–Crippen MR) is 60.5 cm³/mol. The second kappa shape index (κ2) is 4.94. The van der Waals surface area contributed by atoms with E-state index in [0.29, 0.717) is 12.8 Å². The van der Waals surface area contributed by atoms with Gasteiger partial charge in [-0.1, -0.05) is 0 Å². The van der Waals surface area contributed by atoms with Crippen LogP contribution in [-0.2, 0) is 23.8 Å². The zero-order valence-electron chi connectivity index (χ0n) is 10.5. The minimum Gasteiger partial charge on any atom is -0.469 e. The Morgan fingerprint density at radius 1 is 1.35 bits per heavy atom. The number of fused-ring (bicyclic) bond motifs is 2. The highest BCUT2D eigenvalue weighted by Gasteiger charge is 2.51. The molecule has 1 fully saturated rings. The van der Waals surface area contributed by atoms with Gasteiger partial charge in [0.25, 0.3) is 0 Å². The normalized spacial score (nSPS) is 29.8. The van der Waals surface area contributed by atoms with Gasteiger partial charge in [0.15, 0.2) is 0 Å². The number of halogens is 3. The summed E-state index contributed by atoms with van der Waals surface area (Å²) in [6.45, 7) is 0. The molecule has 3 aliphatic carbocycles. The minimum atomic E-state index is -5.65. The summed E-state index contributed by atoms with van der Waals surface area (Å²) >= 11 is 0. The van der Waals surface area contributed by atoms with Gasteiger partial charge in [0.2, 0.25) is 0 Å². The van der Waals surface area contributed by atoms with Gasteiger partial charge in [-0.3, -0.25) is 4.79 Å². The minimum absolute atomic E-state index is 0.210. The van der Waals surface area contributed by atoms with Crippen molar-refractivity contribution in [1.82, 2.24) is 0 Å². The van der Waals surface area contributed by atoms with Gasteiger partial charge in [-0.05, 0) is 31.3 Å². The van der Waals surface area contributed by atoms with Gasteiger partial charge in [-0.25, -0.2) is 0 Å². The van der Waals surface area contributed by atoms with Crippen LogP contribution in [0.3, 0.4) is 0 Å². The highest BCUT2D eigenvalue weighted by molar-refractivity contribution is 7.87. The lowest BCUT2D eigenvalue weighted by Crippen LogP contribution is -2.37. The molecule has 0 aromatic carbocycles. The second-order valence-corrected chi connectivity index (χ2v) is 6.39. The molecule has 0 aromatic heterocycles. The Balaban J connectivity index is 2.19. The molecule has 1 saturated carbocycles. The Morgan fingerprint density at radius 2 is 2.00 bits per heavy atom. The number of rotatable bonds is 3. The molecular formula is C11H13F3O5S. The SMILES string of the molecule is COC(=O)C1CC2CCC1C=C2OS(=O)(=O)C(F)(F)F. The Kier molecular flexibility index (Phi) is 3.74. The average molecular weight is 314 g/mol. The Morgan fingerprint density at radius 3 is 2.45 bits per heavy atom. The monoisotopic (exact) mass is 314 g/mol. The van der Waals surface area contributed by atoms with Crippen LogP contribution in [0.4, 0.5) is 13.2 Å². The number of alkyl halides is 3. The van der Waals surface area contributed by atoms with E-state index in [1.165, 1.54) is 13.2 Å². The van der Waals surface area contributed by atoms with Crippen molar-refractivity contribution in [2.45, 2.75) is 24.8 Å². The van der Waals surface area contributed by atoms with Gasteiger partial charge in [0, 0.05) is 5.92 Å². The summed E-state index contributed by atoms with van der Waals surface area (Å²) in [7, 11) is -4.41. The van der Waals surface area contributed by atoms with Crippen LogP contribution in [0.25, 0.3) is 0 Å². The maximum atomic E-state index is 12.3. The zero-order chi connectivity index (χ0) is 15.1. The predicted octanol–water partition coefficient (Wildman–Crippen LogP) is 1.96. The molecule has 3 aliphatic rings. The van der Waals surface area contributed by atoms with E-state index < -0.39 is 33.4 Å². The van der Waals surface area contributed by atoms with Gasteiger partial charge >= 0.3 is 21.6 Å². The molecule has 20 heavy (non-hydrogen) atoms. The third-order valence-corrected chi connectivity index (χ3v) is 4.66. The number of hydrogen-bond acceptors (Lipinski definition) is 5. The van der Waals surface area contributed by atoms with Crippen LogP contribution in [0, 0.1) is 17.8 Å². The fourth-order valence-electron chi connectivity index (χ4n) is 2.69. The van der Waals surface area contributed by atoms with Crippen molar-refractivity contribution in [1.29, 1.82) is 0 Å². The first-order valence-corrected chi connectivity index (χ1v) is 7.37. The lowest BCUT2D eigenvalue weighted by Gasteiger charge is -2.39. The van der Waals surface area contributed by atoms with E-state index in [1.807, 2.05) is 0 Å². The summed E-state index contributed by atoms with van der Waals surface area (Å²) in [6, 6.07) is 0. The quantitative estimate of drug-likeness (QED) is 0.452. The van der Waals surface area contributed by atoms with Gasteiger partial charge < -0.3 is 8.92 Å². The fraction of sp³-hybridized carbons (Fsp3) is 0.727. The van der Waals surface area contributed by atoms with Gasteiger partial charge in [-0.15, -0.1) is 0 Å². The molecule has 2 bridgehead atoms. The molecule has 3 atom stereocenters. The molecule has 0 aromatic rings. The van der Waals surface area contributed by atoms with Crippen LogP contribution in [0.1, 0.15) is 19.3 Å². The standard InChI is InChI=1S/C11H13F3O5S/c1-18-10(15)8-4-7-3-2-6(8)5-9(7)19-20(16,17)11(12,13)14/h5-8H,2-4H2,1H3. The van der Waals surface area contributed by atoms with E-state index in [2.05, 4.69) is 8.92 Å². The summed E-state index contributed by atoms with van der Waals surface area (Å²) in [5, 5.41) is 0. The largest absolute Gasteiger partial charge is 0.534 e. The topological polar surface area (TPSA) is 69.7 Å². The van der Waals surface area contributed by atoms with E-state index in [9.17, 15) is 26.4 Å². The van der Waals surface area contributed by atoms with Gasteiger partial charge in [0.05, 0.1) is 13.0 Å². The summed E-state index contributed by atoms with van der Waals surface area (Å²) in [5.74, 6) is -1.93. The van der Waals surface area contributed by atoms with Crippen LogP contribution >= 0.6 is 0 Å². The molecule has 0 amide bonds. The third kappa shape index (κ3) is 2.63. The fourth-order valence-corrected chi connectivity index (χ4v) is 3.23. The summed E-state index contributed by atoms with van der Waals surface area (Å²) in [4.78, 5) is 11.5. The Bertz CT molecular complexity index is 537. The van der Waals surface area contributed by atoms with Gasteiger partial charge in [-0.2, -0.15) is 21.6 Å². The average Bonchev–Trinajstić information content (AvgIpc) is 2.36. The Hall–Kier alpha value is -1.25. The molecule has 114 valence electrons. The maximum Gasteiger partial charge on any atom is 0.534 e. The highest BCUT2D eigenvalue weighted by atomic mass is 32.2. The zero-order valence-corrected chi connectivity index (χ0v) is 11.3. The number of carbonyl (C=O) groups is 1. The van der Waals surface area contributed by atoms with Crippen LogP contribution < -0.4 is 0 Å². The number of carbonyl (C=O) groups excluding carboxylic acids is 1. The summed E-state index contributed by atoms with van der Waals surface area (Å²) in [5.41, 5.74) is -5.45. The van der Waals surface area contributed by atoms with Crippen molar-refractivity contribution < 1.29 is 35.3 Å². The number of methoxy groups -OCH3 is 1. The van der Waals surface area contributed by atoms with Crippen molar-refractivity contribution in [3.05, 3.63) is 11.8 Å². The first-order chi connectivity index (χ1) is 9.15. The second-order valence-electron chi connectivity index (χ2n) is 4.86. The smallest absolute Gasteiger partial charge is 0.469 e. The molecule has 9 heteroatoms. The molecule has 0 aliphatic heterocycles. The molecule has 3 rings (SSSR count). The molecule has 0 saturated heterocycles. The van der Waals surface area contributed by atoms with Gasteiger partial charge in [0.1, 0.15) is 5.76 Å². The van der Waals surface area contributed by atoms with Crippen LogP contribution in [0.2, 0.25) is 0 Å². The third-order valence-electron chi connectivity index (χ3n) is 3.68. The molecule has 5 nitrogen and oxygen atoms in total. The summed E-state index contributed by atoms with van der Waals surface area (Å²) in [6.07, 6.45) is 2.65. The highest BCUT2D eigenvalue weighted by Crippen LogP contribution is 2.46. The van der Waals surface area contributed by atoms with E-state index in [4.69, 9.17) is 0 Å². The van der Waals surface area contributed by atoms with Crippen molar-refractivity contribution >= 4 is 16.1 Å². The lowest BCUT2D eigenvalue weighted by molar-refractivity contribution is -0.149. The van der Waals surface area contributed by atoms with E-state index in [0.717, 1.165) is 0 Å². The molecule has 0 spiro atoms. The number of allylic oxidation sites excluding steroid dienone is 2. The Labute approximate surface area is 113 Å². The van der Waals surface area contributed by atoms with Crippen LogP contribution in [-0.4, -0.2) is 27.0 Å². The number of ether oxygens (including phenoxy) is 1. The van der Waals surface area contributed by atoms with Crippen molar-refractivity contribution in [2.24, 2.45) is 17.8 Å². The van der Waals surface area contributed by atoms with Crippen LogP contribution in [0.15, 0.2) is 11.8 Å². The molecule has 0 N–H and O–H groups in total. The van der Waals surface area contributed by atoms with Crippen molar-refractivity contribution in [2.75, 3.05) is 7.11 Å². The molecule has 3 unspecified atom stereocenters. The van der Waals surface area contributed by atoms with E-state index >= 15 is 0 Å². The number of hydrogen-bond donors (Lipinski definition) is 0. The molecular weight excluding hydrogens is 301 g/mol.